The van der Waals surface area contributed by atoms with Gasteiger partial charge in [0.2, 0.25) is 0 Å². The van der Waals surface area contributed by atoms with E-state index in [9.17, 15) is 9.90 Å². The minimum Gasteiger partial charge on any atom is -0.544 e. The lowest BCUT2D eigenvalue weighted by Crippen LogP contribution is -2.55. The molecule has 0 saturated heterocycles. The highest BCUT2D eigenvalue weighted by Gasteiger charge is 2.28. The molecule has 0 spiro atoms. The number of carboxylic acids is 1. The van der Waals surface area contributed by atoms with Crippen LogP contribution in [-0.2, 0) is 4.79 Å². The number of carbonyl (C=O) groups excluding carboxylic acids is 1. The fourth-order valence-electron chi connectivity index (χ4n) is 1.55. The zero-order valence-corrected chi connectivity index (χ0v) is 10.5. The number of quaternary nitrogens is 1. The second-order valence-corrected chi connectivity index (χ2v) is 5.02. The Balaban J connectivity index is 2.64. The van der Waals surface area contributed by atoms with Crippen molar-refractivity contribution in [2.24, 2.45) is 0 Å². The van der Waals surface area contributed by atoms with E-state index in [2.05, 4.69) is 10.6 Å². The maximum atomic E-state index is 11.1. The first kappa shape index (κ1) is 12.9. The minimum atomic E-state index is -1.04. The van der Waals surface area contributed by atoms with Gasteiger partial charge in [-0.15, -0.1) is 0 Å². The first-order valence-corrected chi connectivity index (χ1v) is 5.50. The summed E-state index contributed by atoms with van der Waals surface area (Å²) in [6.07, 6.45) is 2.08. The van der Waals surface area contributed by atoms with Crippen LogP contribution in [0.4, 0.5) is 0 Å². The normalized spacial score (nSPS) is 21.7. The fraction of sp³-hybridized carbons (Fsp3) is 0.600. The Labute approximate surface area is 101 Å². The van der Waals surface area contributed by atoms with Gasteiger partial charge in [-0.2, -0.15) is 0 Å². The van der Waals surface area contributed by atoms with Crippen molar-refractivity contribution in [1.82, 2.24) is 10.6 Å². The van der Waals surface area contributed by atoms with E-state index < -0.39 is 12.0 Å². The van der Waals surface area contributed by atoms with Gasteiger partial charge in [0.1, 0.15) is 12.2 Å². The Kier molecular flexibility index (Phi) is 3.88. The van der Waals surface area contributed by atoms with Crippen LogP contribution in [0.15, 0.2) is 11.9 Å². The summed E-state index contributed by atoms with van der Waals surface area (Å²) in [5.41, 5.74) is 0.841. The molecule has 5 nitrogen and oxygen atoms in total. The summed E-state index contributed by atoms with van der Waals surface area (Å²) in [6, 6.07) is -0.579. The molecule has 0 aromatic carbocycles. The smallest absolute Gasteiger partial charge is 0.134 e. The number of likely N-dealkylation sites (N-methyl/N-ethyl adjacent to an activating group) is 1. The van der Waals surface area contributed by atoms with Gasteiger partial charge in [0, 0.05) is 23.7 Å². The van der Waals surface area contributed by atoms with Gasteiger partial charge in [-0.3, -0.25) is 0 Å². The van der Waals surface area contributed by atoms with E-state index in [0.717, 1.165) is 5.70 Å². The van der Waals surface area contributed by atoms with Gasteiger partial charge in [0.15, 0.2) is 0 Å². The van der Waals surface area contributed by atoms with Crippen molar-refractivity contribution < 1.29 is 14.4 Å². The highest BCUT2D eigenvalue weighted by atomic mass is 32.1. The molecule has 1 aliphatic rings. The standard InChI is InChI=1S/C10H17N3O2S/c1-13(2,3)8(10(14)15)4-7-5-11-9(6-16)12-7/h5-6,8-9,11-12H,4H2,1-3H3/t8?,9-/m0/s1. The van der Waals surface area contributed by atoms with Gasteiger partial charge < -0.3 is 25.0 Å². The molecular formula is C10H17N3O2S. The molecule has 0 aromatic heterocycles. The molecule has 0 amide bonds. The number of hydrogen-bond donors (Lipinski definition) is 2. The van der Waals surface area contributed by atoms with Crippen molar-refractivity contribution in [3.63, 3.8) is 0 Å². The van der Waals surface area contributed by atoms with Crippen LogP contribution in [0.2, 0.25) is 0 Å². The number of thiocarbonyl (C=S) groups is 1. The Hall–Kier alpha value is -1.14. The quantitative estimate of drug-likeness (QED) is 0.457. The zero-order chi connectivity index (χ0) is 12.3. The van der Waals surface area contributed by atoms with E-state index in [0.29, 0.717) is 10.9 Å². The third-order valence-electron chi connectivity index (χ3n) is 2.53. The van der Waals surface area contributed by atoms with Gasteiger partial charge >= 0.3 is 0 Å². The predicted octanol–water partition coefficient (Wildman–Crippen LogP) is -1.44. The lowest BCUT2D eigenvalue weighted by molar-refractivity contribution is -0.889. The van der Waals surface area contributed by atoms with Crippen LogP contribution < -0.4 is 15.7 Å². The van der Waals surface area contributed by atoms with Crippen molar-refractivity contribution in [1.29, 1.82) is 0 Å². The summed E-state index contributed by atoms with van der Waals surface area (Å²) in [7, 11) is 5.50. The monoisotopic (exact) mass is 243 g/mol. The molecule has 0 aromatic rings. The van der Waals surface area contributed by atoms with Crippen LogP contribution in [0.3, 0.4) is 0 Å². The second kappa shape index (κ2) is 4.80. The van der Waals surface area contributed by atoms with Crippen LogP contribution in [0.1, 0.15) is 6.42 Å². The molecule has 1 aliphatic heterocycles. The van der Waals surface area contributed by atoms with Crippen molar-refractivity contribution in [3.05, 3.63) is 11.9 Å². The molecule has 0 aliphatic carbocycles. The lowest BCUT2D eigenvalue weighted by Gasteiger charge is -2.35. The molecule has 6 heteroatoms. The topological polar surface area (TPSA) is 64.2 Å². The maximum absolute atomic E-state index is 11.1. The summed E-state index contributed by atoms with van der Waals surface area (Å²) >= 11 is 4.79. The SMILES string of the molecule is C[N+](C)(C)C(CC1=CN[C@H](C=S)N1)C(=O)[O-]. The van der Waals surface area contributed by atoms with E-state index in [1.165, 1.54) is 0 Å². The van der Waals surface area contributed by atoms with Crippen LogP contribution in [0.25, 0.3) is 0 Å². The van der Waals surface area contributed by atoms with Crippen LogP contribution in [0, 0.1) is 0 Å². The number of hydrogen-bond acceptors (Lipinski definition) is 5. The molecule has 16 heavy (non-hydrogen) atoms. The average molecular weight is 243 g/mol. The molecule has 1 rings (SSSR count). The highest BCUT2D eigenvalue weighted by molar-refractivity contribution is 7.79. The van der Waals surface area contributed by atoms with Crippen LogP contribution >= 0.6 is 12.2 Å². The first-order chi connectivity index (χ1) is 7.34. The average Bonchev–Trinajstić information content (AvgIpc) is 2.59. The van der Waals surface area contributed by atoms with Crippen molar-refractivity contribution >= 4 is 23.6 Å². The maximum Gasteiger partial charge on any atom is 0.134 e. The predicted molar refractivity (Wildman–Crippen MR) is 63.2 cm³/mol. The Morgan fingerprint density at radius 2 is 2.31 bits per heavy atom. The largest absolute Gasteiger partial charge is 0.544 e. The van der Waals surface area contributed by atoms with Gasteiger partial charge in [-0.1, -0.05) is 12.2 Å². The fourth-order valence-corrected chi connectivity index (χ4v) is 1.69. The van der Waals surface area contributed by atoms with E-state index in [-0.39, 0.29) is 6.17 Å². The molecule has 0 radical (unpaired) electrons. The van der Waals surface area contributed by atoms with E-state index in [1.807, 2.05) is 21.1 Å². The lowest BCUT2D eigenvalue weighted by atomic mass is 10.1. The van der Waals surface area contributed by atoms with Crippen molar-refractivity contribution in [3.8, 4) is 0 Å². The molecule has 2 atom stereocenters. The molecule has 0 fully saturated rings. The van der Waals surface area contributed by atoms with Gasteiger partial charge in [0.25, 0.3) is 0 Å². The van der Waals surface area contributed by atoms with Crippen LogP contribution in [-0.4, -0.2) is 49.2 Å². The number of carbonyl (C=O) groups is 1. The molecule has 0 saturated carbocycles. The van der Waals surface area contributed by atoms with Gasteiger partial charge in [0.05, 0.1) is 27.1 Å². The first-order valence-electron chi connectivity index (χ1n) is 5.03. The summed E-state index contributed by atoms with van der Waals surface area (Å²) < 4.78 is 0.323. The Bertz CT molecular complexity index is 323. The van der Waals surface area contributed by atoms with Gasteiger partial charge in [-0.05, 0) is 0 Å². The third kappa shape index (κ3) is 3.18. The van der Waals surface area contributed by atoms with E-state index in [4.69, 9.17) is 12.2 Å². The van der Waals surface area contributed by atoms with E-state index >= 15 is 0 Å². The molecule has 0 bridgehead atoms. The summed E-state index contributed by atoms with van der Waals surface area (Å²) in [6.45, 7) is 0. The van der Waals surface area contributed by atoms with E-state index in [1.54, 1.807) is 11.6 Å². The molecular weight excluding hydrogens is 226 g/mol. The molecule has 90 valence electrons. The number of aliphatic carboxylic acids is 1. The summed E-state index contributed by atoms with van der Waals surface area (Å²) in [5.74, 6) is -1.04. The van der Waals surface area contributed by atoms with Crippen molar-refractivity contribution in [2.45, 2.75) is 18.6 Å². The third-order valence-corrected chi connectivity index (χ3v) is 2.81. The number of nitrogens with one attached hydrogen (secondary N) is 2. The summed E-state index contributed by atoms with van der Waals surface area (Å²) in [5, 5.41) is 18.7. The number of carboxylic acid groups (broad SMARTS) is 1. The zero-order valence-electron chi connectivity index (χ0n) is 9.69. The van der Waals surface area contributed by atoms with Crippen LogP contribution in [0.5, 0.6) is 0 Å². The molecule has 1 heterocycles. The minimum absolute atomic E-state index is 0.0835. The molecule has 2 N–H and O–H groups in total. The molecule has 1 unspecified atom stereocenters. The Morgan fingerprint density at radius 1 is 1.69 bits per heavy atom. The number of nitrogens with zero attached hydrogens (tertiary/aromatic N) is 1. The highest BCUT2D eigenvalue weighted by Crippen LogP contribution is 2.13. The van der Waals surface area contributed by atoms with Crippen molar-refractivity contribution in [2.75, 3.05) is 21.1 Å². The van der Waals surface area contributed by atoms with Gasteiger partial charge in [-0.25, -0.2) is 0 Å². The number of rotatable bonds is 5. The second-order valence-electron chi connectivity index (χ2n) is 4.75. The summed E-state index contributed by atoms with van der Waals surface area (Å²) in [4.78, 5) is 11.1. The Morgan fingerprint density at radius 3 is 2.69 bits per heavy atom.